The van der Waals surface area contributed by atoms with E-state index in [1.165, 1.54) is 7.11 Å². The number of aryl methyl sites for hydroxylation is 1. The molecule has 2 rings (SSSR count). The van der Waals surface area contributed by atoms with Crippen LogP contribution in [0.5, 0.6) is 5.75 Å². The first-order valence-electron chi connectivity index (χ1n) is 7.59. The molecule has 0 spiro atoms. The van der Waals surface area contributed by atoms with Gasteiger partial charge in [-0.2, -0.15) is 0 Å². The molecule has 0 aliphatic rings. The van der Waals surface area contributed by atoms with Crippen LogP contribution in [0.1, 0.15) is 17.2 Å². The maximum absolute atomic E-state index is 12.1. The molecule has 2 amide bonds. The largest absolute Gasteiger partial charge is 0.497 e. The maximum atomic E-state index is 12.1. The fraction of sp³-hybridized carbons (Fsp3) is 0.222. The summed E-state index contributed by atoms with van der Waals surface area (Å²) in [6, 6.07) is 11.1. The van der Waals surface area contributed by atoms with E-state index in [1.54, 1.807) is 42.5 Å². The Morgan fingerprint density at radius 1 is 1.12 bits per heavy atom. The highest BCUT2D eigenvalue weighted by Crippen LogP contribution is 2.21. The van der Waals surface area contributed by atoms with Crippen molar-refractivity contribution < 1.29 is 24.5 Å². The molecular formula is C18H20N2O5. The van der Waals surface area contributed by atoms with Crippen LogP contribution in [0.25, 0.3) is 0 Å². The van der Waals surface area contributed by atoms with E-state index in [4.69, 9.17) is 4.74 Å². The number of aliphatic hydroxyl groups is 1. The van der Waals surface area contributed by atoms with Gasteiger partial charge in [-0.15, -0.1) is 0 Å². The van der Waals surface area contributed by atoms with Crippen LogP contribution in [0.15, 0.2) is 48.5 Å². The third kappa shape index (κ3) is 4.95. The maximum Gasteiger partial charge on any atom is 0.329 e. The summed E-state index contributed by atoms with van der Waals surface area (Å²) >= 11 is 0. The molecule has 25 heavy (non-hydrogen) atoms. The van der Waals surface area contributed by atoms with Gasteiger partial charge in [-0.1, -0.05) is 24.3 Å². The van der Waals surface area contributed by atoms with Crippen molar-refractivity contribution >= 4 is 17.7 Å². The molecule has 2 aromatic carbocycles. The van der Waals surface area contributed by atoms with Gasteiger partial charge in [0.15, 0.2) is 6.04 Å². The van der Waals surface area contributed by atoms with Gasteiger partial charge in [0.05, 0.1) is 7.11 Å². The number of anilines is 1. The van der Waals surface area contributed by atoms with Crippen molar-refractivity contribution in [2.75, 3.05) is 12.4 Å². The molecule has 0 saturated carbocycles. The zero-order chi connectivity index (χ0) is 18.4. The number of nitrogens with one attached hydrogen (secondary N) is 2. The van der Waals surface area contributed by atoms with Crippen LogP contribution in [0, 0.1) is 6.92 Å². The minimum absolute atomic E-state index is 0.351. The van der Waals surface area contributed by atoms with Gasteiger partial charge in [0, 0.05) is 5.69 Å². The summed E-state index contributed by atoms with van der Waals surface area (Å²) in [4.78, 5) is 23.5. The second-order valence-corrected chi connectivity index (χ2v) is 5.50. The summed E-state index contributed by atoms with van der Waals surface area (Å²) in [6.45, 7) is 1.87. The third-order valence-electron chi connectivity index (χ3n) is 3.60. The number of carbonyl (C=O) groups excluding carboxylic acids is 1. The molecule has 7 nitrogen and oxygen atoms in total. The van der Waals surface area contributed by atoms with Crippen molar-refractivity contribution in [1.82, 2.24) is 5.32 Å². The number of aliphatic carboxylic acids is 1. The van der Waals surface area contributed by atoms with Gasteiger partial charge in [-0.25, -0.2) is 9.59 Å². The van der Waals surface area contributed by atoms with E-state index in [2.05, 4.69) is 10.6 Å². The molecule has 2 atom stereocenters. The Labute approximate surface area is 145 Å². The highest BCUT2D eigenvalue weighted by molar-refractivity contribution is 5.92. The number of hydrogen-bond donors (Lipinski definition) is 4. The van der Waals surface area contributed by atoms with Crippen LogP contribution in [-0.2, 0) is 4.79 Å². The molecule has 0 bridgehead atoms. The fourth-order valence-corrected chi connectivity index (χ4v) is 2.30. The van der Waals surface area contributed by atoms with Gasteiger partial charge in [0.25, 0.3) is 0 Å². The summed E-state index contributed by atoms with van der Waals surface area (Å²) in [5, 5.41) is 24.5. The molecule has 0 aliphatic heterocycles. The second-order valence-electron chi connectivity index (χ2n) is 5.50. The normalized spacial score (nSPS) is 12.8. The minimum Gasteiger partial charge on any atom is -0.497 e. The van der Waals surface area contributed by atoms with E-state index in [-0.39, 0.29) is 0 Å². The number of benzene rings is 2. The van der Waals surface area contributed by atoms with Crippen molar-refractivity contribution in [3.8, 4) is 5.75 Å². The fourth-order valence-electron chi connectivity index (χ4n) is 2.30. The van der Waals surface area contributed by atoms with E-state index >= 15 is 0 Å². The topological polar surface area (TPSA) is 108 Å². The van der Waals surface area contributed by atoms with Gasteiger partial charge in [-0.05, 0) is 42.3 Å². The van der Waals surface area contributed by atoms with Crippen LogP contribution in [0.4, 0.5) is 10.5 Å². The Bertz CT molecular complexity index is 745. The molecule has 2 unspecified atom stereocenters. The lowest BCUT2D eigenvalue weighted by atomic mass is 10.0. The lowest BCUT2D eigenvalue weighted by Gasteiger charge is -2.21. The zero-order valence-electron chi connectivity index (χ0n) is 13.9. The SMILES string of the molecule is COc1ccc(C(O)C(NC(=O)Nc2cccc(C)c2)C(=O)O)cc1. The van der Waals surface area contributed by atoms with Gasteiger partial charge in [-0.3, -0.25) is 0 Å². The van der Waals surface area contributed by atoms with Crippen molar-refractivity contribution in [3.05, 3.63) is 59.7 Å². The predicted molar refractivity (Wildman–Crippen MR) is 92.7 cm³/mol. The summed E-state index contributed by atoms with van der Waals surface area (Å²) in [6.07, 6.45) is -1.41. The van der Waals surface area contributed by atoms with Gasteiger partial charge in [0.1, 0.15) is 11.9 Å². The predicted octanol–water partition coefficient (Wildman–Crippen LogP) is 2.31. The van der Waals surface area contributed by atoms with E-state index in [0.29, 0.717) is 17.0 Å². The van der Waals surface area contributed by atoms with Crippen molar-refractivity contribution in [2.45, 2.75) is 19.1 Å². The van der Waals surface area contributed by atoms with E-state index in [9.17, 15) is 19.8 Å². The molecule has 0 fully saturated rings. The highest BCUT2D eigenvalue weighted by Gasteiger charge is 2.29. The Morgan fingerprint density at radius 3 is 2.36 bits per heavy atom. The molecule has 0 heterocycles. The molecule has 0 aromatic heterocycles. The van der Waals surface area contributed by atoms with Gasteiger partial charge < -0.3 is 25.6 Å². The first-order chi connectivity index (χ1) is 11.9. The van der Waals surface area contributed by atoms with Gasteiger partial charge >= 0.3 is 12.0 Å². The number of hydrogen-bond acceptors (Lipinski definition) is 4. The van der Waals surface area contributed by atoms with Crippen LogP contribution >= 0.6 is 0 Å². The number of aliphatic hydroxyl groups excluding tert-OH is 1. The molecule has 2 aromatic rings. The van der Waals surface area contributed by atoms with Crippen LogP contribution < -0.4 is 15.4 Å². The summed E-state index contributed by atoms with van der Waals surface area (Å²) in [5.74, 6) is -0.768. The van der Waals surface area contributed by atoms with Crippen molar-refractivity contribution in [3.63, 3.8) is 0 Å². The lowest BCUT2D eigenvalue weighted by Crippen LogP contribution is -2.46. The molecule has 132 valence electrons. The van der Waals surface area contributed by atoms with Crippen molar-refractivity contribution in [2.24, 2.45) is 0 Å². The number of amides is 2. The van der Waals surface area contributed by atoms with E-state index < -0.39 is 24.1 Å². The first kappa shape index (κ1) is 18.3. The average Bonchev–Trinajstić information content (AvgIpc) is 2.59. The number of rotatable bonds is 6. The summed E-state index contributed by atoms with van der Waals surface area (Å²) < 4.78 is 5.02. The first-order valence-corrected chi connectivity index (χ1v) is 7.59. The number of carbonyl (C=O) groups is 2. The Balaban J connectivity index is 2.08. The molecule has 4 N–H and O–H groups in total. The number of urea groups is 1. The van der Waals surface area contributed by atoms with Crippen LogP contribution in [-0.4, -0.2) is 35.4 Å². The summed E-state index contributed by atoms with van der Waals surface area (Å²) in [7, 11) is 1.50. The minimum atomic E-state index is -1.50. The Kier molecular flexibility index (Phi) is 5.97. The number of carboxylic acids is 1. The van der Waals surface area contributed by atoms with Crippen molar-refractivity contribution in [1.29, 1.82) is 0 Å². The summed E-state index contributed by atoms with van der Waals surface area (Å²) in [5.41, 5.74) is 1.83. The Morgan fingerprint density at radius 2 is 1.80 bits per heavy atom. The average molecular weight is 344 g/mol. The molecule has 0 saturated heterocycles. The Hall–Kier alpha value is -3.06. The highest BCUT2D eigenvalue weighted by atomic mass is 16.5. The number of carboxylic acid groups (broad SMARTS) is 1. The number of ether oxygens (including phenoxy) is 1. The monoisotopic (exact) mass is 344 g/mol. The van der Waals surface area contributed by atoms with Crippen LogP contribution in [0.2, 0.25) is 0 Å². The van der Waals surface area contributed by atoms with E-state index in [0.717, 1.165) is 5.56 Å². The zero-order valence-corrected chi connectivity index (χ0v) is 13.9. The van der Waals surface area contributed by atoms with Gasteiger partial charge in [0.2, 0.25) is 0 Å². The molecular weight excluding hydrogens is 324 g/mol. The molecule has 0 aliphatic carbocycles. The van der Waals surface area contributed by atoms with E-state index in [1.807, 2.05) is 13.0 Å². The molecule has 7 heteroatoms. The van der Waals surface area contributed by atoms with Crippen LogP contribution in [0.3, 0.4) is 0 Å². The lowest BCUT2D eigenvalue weighted by molar-refractivity contribution is -0.142. The smallest absolute Gasteiger partial charge is 0.329 e. The molecule has 0 radical (unpaired) electrons. The second kappa shape index (κ2) is 8.16. The number of methoxy groups -OCH3 is 1. The standard InChI is InChI=1S/C18H20N2O5/c1-11-4-3-5-13(10-11)19-18(24)20-15(17(22)23)16(21)12-6-8-14(25-2)9-7-12/h3-10,15-16,21H,1-2H3,(H,22,23)(H2,19,20,24). The third-order valence-corrected chi connectivity index (χ3v) is 3.60. The quantitative estimate of drug-likeness (QED) is 0.643.